The third kappa shape index (κ3) is 3.38. The van der Waals surface area contributed by atoms with E-state index in [9.17, 15) is 5.11 Å². The van der Waals surface area contributed by atoms with Gasteiger partial charge in [-0.05, 0) is 30.7 Å². The molecule has 3 N–H and O–H groups in total. The van der Waals surface area contributed by atoms with Crippen molar-refractivity contribution in [2.75, 3.05) is 18.5 Å². The molecule has 1 aromatic carbocycles. The van der Waals surface area contributed by atoms with Gasteiger partial charge in [-0.3, -0.25) is 0 Å². The van der Waals surface area contributed by atoms with Gasteiger partial charge in [0.15, 0.2) is 0 Å². The van der Waals surface area contributed by atoms with Crippen LogP contribution < -0.4 is 10.6 Å². The summed E-state index contributed by atoms with van der Waals surface area (Å²) in [5.74, 6) is 0. The number of benzene rings is 1. The number of nitrogens with zero attached hydrogens (tertiary/aromatic N) is 1. The summed E-state index contributed by atoms with van der Waals surface area (Å²) >= 11 is 5.88. The minimum absolute atomic E-state index is 0.365. The van der Waals surface area contributed by atoms with Crippen LogP contribution in [0.1, 0.15) is 12.5 Å². The lowest BCUT2D eigenvalue weighted by molar-refractivity contribution is 0.201. The van der Waals surface area contributed by atoms with E-state index in [0.29, 0.717) is 18.1 Å². The highest BCUT2D eigenvalue weighted by Gasteiger charge is 2.08. The Hall–Kier alpha value is -0.770. The predicted octanol–water partition coefficient (Wildman–Crippen LogP) is 1.62. The predicted molar refractivity (Wildman–Crippen MR) is 64.3 cm³/mol. The molecular weight excluding hydrogens is 212 g/mol. The van der Waals surface area contributed by atoms with Crippen LogP contribution in [0, 0.1) is 0 Å². The maximum atomic E-state index is 9.30. The lowest BCUT2D eigenvalue weighted by Gasteiger charge is -2.23. The molecule has 1 unspecified atom stereocenters. The first-order chi connectivity index (χ1) is 7.04. The zero-order valence-electron chi connectivity index (χ0n) is 9.07. The van der Waals surface area contributed by atoms with Gasteiger partial charge in [0, 0.05) is 30.8 Å². The summed E-state index contributed by atoms with van der Waals surface area (Å²) in [7, 11) is 1.93. The summed E-state index contributed by atoms with van der Waals surface area (Å²) in [6.07, 6.45) is -0.365. The van der Waals surface area contributed by atoms with Gasteiger partial charge in [0.2, 0.25) is 0 Å². The van der Waals surface area contributed by atoms with Gasteiger partial charge in [-0.15, -0.1) is 0 Å². The van der Waals surface area contributed by atoms with Gasteiger partial charge >= 0.3 is 0 Å². The van der Waals surface area contributed by atoms with E-state index in [1.54, 1.807) is 6.92 Å². The molecule has 1 rings (SSSR count). The van der Waals surface area contributed by atoms with Crippen molar-refractivity contribution in [3.05, 3.63) is 28.8 Å². The van der Waals surface area contributed by atoms with E-state index in [4.69, 9.17) is 17.3 Å². The number of anilines is 1. The van der Waals surface area contributed by atoms with Crippen LogP contribution in [-0.2, 0) is 6.54 Å². The number of likely N-dealkylation sites (N-methyl/N-ethyl adjacent to an activating group) is 1. The van der Waals surface area contributed by atoms with E-state index in [1.807, 2.05) is 30.1 Å². The van der Waals surface area contributed by atoms with Gasteiger partial charge in [-0.2, -0.15) is 0 Å². The number of halogens is 1. The molecule has 84 valence electrons. The molecule has 0 heterocycles. The van der Waals surface area contributed by atoms with Gasteiger partial charge in [-0.1, -0.05) is 11.6 Å². The van der Waals surface area contributed by atoms with Crippen molar-refractivity contribution in [1.82, 2.24) is 0 Å². The first-order valence-corrected chi connectivity index (χ1v) is 5.30. The lowest BCUT2D eigenvalue weighted by atomic mass is 10.1. The normalized spacial score (nSPS) is 12.6. The van der Waals surface area contributed by atoms with Gasteiger partial charge in [0.05, 0.1) is 6.10 Å². The number of nitrogens with two attached hydrogens (primary N) is 1. The van der Waals surface area contributed by atoms with Gasteiger partial charge in [0.1, 0.15) is 0 Å². The third-order valence-corrected chi connectivity index (χ3v) is 2.45. The van der Waals surface area contributed by atoms with E-state index >= 15 is 0 Å². The Kier molecular flexibility index (Phi) is 4.39. The fraction of sp³-hybridized carbons (Fsp3) is 0.455. The highest BCUT2D eigenvalue weighted by atomic mass is 35.5. The SMILES string of the molecule is CC(O)CN(C)c1ccc(Cl)cc1CN. The number of aliphatic hydroxyl groups excluding tert-OH is 1. The number of hydrogen-bond donors (Lipinski definition) is 2. The van der Waals surface area contributed by atoms with Crippen LogP contribution >= 0.6 is 11.6 Å². The first-order valence-electron chi connectivity index (χ1n) is 4.92. The average Bonchev–Trinajstić information content (AvgIpc) is 2.16. The van der Waals surface area contributed by atoms with Crippen LogP contribution in [-0.4, -0.2) is 24.8 Å². The quantitative estimate of drug-likeness (QED) is 0.824. The van der Waals surface area contributed by atoms with Crippen molar-refractivity contribution < 1.29 is 5.11 Å². The maximum absolute atomic E-state index is 9.30. The average molecular weight is 229 g/mol. The molecule has 0 aliphatic heterocycles. The first kappa shape index (κ1) is 12.3. The van der Waals surface area contributed by atoms with Crippen molar-refractivity contribution in [1.29, 1.82) is 0 Å². The molecular formula is C11H17ClN2O. The Morgan fingerprint density at radius 1 is 1.53 bits per heavy atom. The summed E-state index contributed by atoms with van der Waals surface area (Å²) < 4.78 is 0. The van der Waals surface area contributed by atoms with Gasteiger partial charge in [0.25, 0.3) is 0 Å². The number of rotatable bonds is 4. The number of aliphatic hydroxyl groups is 1. The molecule has 0 radical (unpaired) electrons. The molecule has 0 amide bonds. The van der Waals surface area contributed by atoms with E-state index in [2.05, 4.69) is 0 Å². The molecule has 1 atom stereocenters. The molecule has 0 bridgehead atoms. The third-order valence-electron chi connectivity index (χ3n) is 2.21. The molecule has 15 heavy (non-hydrogen) atoms. The molecule has 0 aliphatic carbocycles. The Morgan fingerprint density at radius 3 is 2.73 bits per heavy atom. The van der Waals surface area contributed by atoms with Crippen molar-refractivity contribution in [2.45, 2.75) is 19.6 Å². The van der Waals surface area contributed by atoms with E-state index in [-0.39, 0.29) is 6.10 Å². The molecule has 0 aromatic heterocycles. The van der Waals surface area contributed by atoms with Crippen molar-refractivity contribution in [3.63, 3.8) is 0 Å². The Labute approximate surface area is 95.5 Å². The van der Waals surface area contributed by atoms with E-state index < -0.39 is 0 Å². The van der Waals surface area contributed by atoms with Crippen molar-refractivity contribution in [2.24, 2.45) is 5.73 Å². The minimum atomic E-state index is -0.365. The highest BCUT2D eigenvalue weighted by Crippen LogP contribution is 2.23. The van der Waals surface area contributed by atoms with Crippen LogP contribution in [0.4, 0.5) is 5.69 Å². The zero-order chi connectivity index (χ0) is 11.4. The van der Waals surface area contributed by atoms with Crippen LogP contribution in [0.15, 0.2) is 18.2 Å². The summed E-state index contributed by atoms with van der Waals surface area (Å²) in [5, 5.41) is 9.99. The van der Waals surface area contributed by atoms with Crippen LogP contribution in [0.2, 0.25) is 5.02 Å². The molecule has 3 nitrogen and oxygen atoms in total. The largest absolute Gasteiger partial charge is 0.392 e. The Bertz CT molecular complexity index is 328. The van der Waals surface area contributed by atoms with Crippen LogP contribution in [0.25, 0.3) is 0 Å². The van der Waals surface area contributed by atoms with E-state index in [1.165, 1.54) is 0 Å². The summed E-state index contributed by atoms with van der Waals surface area (Å²) in [6.45, 7) is 2.78. The summed E-state index contributed by atoms with van der Waals surface area (Å²) in [5.41, 5.74) is 7.65. The van der Waals surface area contributed by atoms with Crippen molar-refractivity contribution >= 4 is 17.3 Å². The van der Waals surface area contributed by atoms with Crippen LogP contribution in [0.5, 0.6) is 0 Å². The summed E-state index contributed by atoms with van der Waals surface area (Å²) in [6, 6.07) is 5.61. The van der Waals surface area contributed by atoms with E-state index in [0.717, 1.165) is 11.3 Å². The smallest absolute Gasteiger partial charge is 0.0686 e. The highest BCUT2D eigenvalue weighted by molar-refractivity contribution is 6.30. The monoisotopic (exact) mass is 228 g/mol. The standard InChI is InChI=1S/C11H17ClN2O/c1-8(15)7-14(2)11-4-3-10(12)5-9(11)6-13/h3-5,8,15H,6-7,13H2,1-2H3. The fourth-order valence-corrected chi connectivity index (χ4v) is 1.78. The van der Waals surface area contributed by atoms with Crippen molar-refractivity contribution in [3.8, 4) is 0 Å². The topological polar surface area (TPSA) is 49.5 Å². The molecule has 0 saturated carbocycles. The lowest BCUT2D eigenvalue weighted by Crippen LogP contribution is -2.28. The van der Waals surface area contributed by atoms with Crippen LogP contribution in [0.3, 0.4) is 0 Å². The molecule has 4 heteroatoms. The maximum Gasteiger partial charge on any atom is 0.0686 e. The second-order valence-corrected chi connectivity index (χ2v) is 4.14. The molecule has 1 aromatic rings. The fourth-order valence-electron chi connectivity index (χ4n) is 1.58. The second-order valence-electron chi connectivity index (χ2n) is 3.71. The zero-order valence-corrected chi connectivity index (χ0v) is 9.83. The second kappa shape index (κ2) is 5.35. The van der Waals surface area contributed by atoms with Gasteiger partial charge < -0.3 is 15.7 Å². The molecule has 0 spiro atoms. The Balaban J connectivity index is 2.92. The molecule has 0 fully saturated rings. The summed E-state index contributed by atoms with van der Waals surface area (Å²) in [4.78, 5) is 1.98. The minimum Gasteiger partial charge on any atom is -0.392 e. The van der Waals surface area contributed by atoms with Gasteiger partial charge in [-0.25, -0.2) is 0 Å². The molecule has 0 saturated heterocycles. The Morgan fingerprint density at radius 2 is 2.20 bits per heavy atom. The number of hydrogen-bond acceptors (Lipinski definition) is 3. The molecule has 0 aliphatic rings.